The number of rotatable bonds is 7. The van der Waals surface area contributed by atoms with E-state index in [9.17, 15) is 8.42 Å². The Morgan fingerprint density at radius 3 is 2.71 bits per heavy atom. The monoisotopic (exact) mass is 348 g/mol. The molecule has 0 radical (unpaired) electrons. The normalized spacial score (nSPS) is 17.5. The van der Waals surface area contributed by atoms with Gasteiger partial charge in [-0.05, 0) is 36.3 Å². The molecular weight excluding hydrogens is 324 g/mol. The van der Waals surface area contributed by atoms with Gasteiger partial charge >= 0.3 is 0 Å². The van der Waals surface area contributed by atoms with Crippen molar-refractivity contribution in [1.82, 2.24) is 10.0 Å². The zero-order chi connectivity index (χ0) is 15.3. The molecule has 0 aromatic carbocycles. The molecule has 0 spiro atoms. The van der Waals surface area contributed by atoms with Gasteiger partial charge < -0.3 is 5.32 Å². The van der Waals surface area contributed by atoms with Crippen molar-refractivity contribution in [3.8, 4) is 0 Å². The molecule has 0 atom stereocenters. The van der Waals surface area contributed by atoms with Crippen LogP contribution in [0.25, 0.3) is 0 Å². The molecule has 1 saturated heterocycles. The molecule has 1 fully saturated rings. The van der Waals surface area contributed by atoms with Gasteiger partial charge in [0.05, 0.1) is 4.90 Å². The SMILES string of the molecule is CC(C)NCc1cc(S(=O)(=O)NCC2CCSCC2)cs1. The Morgan fingerprint density at radius 2 is 2.05 bits per heavy atom. The van der Waals surface area contributed by atoms with Crippen LogP contribution >= 0.6 is 23.1 Å². The van der Waals surface area contributed by atoms with Gasteiger partial charge in [0.2, 0.25) is 10.0 Å². The average Bonchev–Trinajstić information content (AvgIpc) is 2.94. The van der Waals surface area contributed by atoms with E-state index in [0.29, 0.717) is 23.4 Å². The Kier molecular flexibility index (Phi) is 6.55. The molecule has 0 aliphatic carbocycles. The number of thioether (sulfide) groups is 1. The summed E-state index contributed by atoms with van der Waals surface area (Å²) in [6.07, 6.45) is 2.22. The van der Waals surface area contributed by atoms with Gasteiger partial charge in [0.1, 0.15) is 0 Å². The number of hydrogen-bond acceptors (Lipinski definition) is 5. The van der Waals surface area contributed by atoms with Gasteiger partial charge in [-0.15, -0.1) is 11.3 Å². The summed E-state index contributed by atoms with van der Waals surface area (Å²) in [5.41, 5.74) is 0. The predicted octanol–water partition coefficient (Wildman–Crippen LogP) is 2.67. The van der Waals surface area contributed by atoms with Gasteiger partial charge in [0.25, 0.3) is 0 Å². The van der Waals surface area contributed by atoms with E-state index in [1.165, 1.54) is 11.3 Å². The van der Waals surface area contributed by atoms with Crippen molar-refractivity contribution in [3.63, 3.8) is 0 Å². The van der Waals surface area contributed by atoms with Crippen LogP contribution in [0.5, 0.6) is 0 Å². The van der Waals surface area contributed by atoms with E-state index in [0.717, 1.165) is 35.8 Å². The van der Waals surface area contributed by atoms with Crippen LogP contribution < -0.4 is 10.0 Å². The fraction of sp³-hybridized carbons (Fsp3) is 0.714. The highest BCUT2D eigenvalue weighted by Gasteiger charge is 2.20. The lowest BCUT2D eigenvalue weighted by atomic mass is 10.0. The molecule has 21 heavy (non-hydrogen) atoms. The van der Waals surface area contributed by atoms with E-state index in [4.69, 9.17) is 0 Å². The number of sulfonamides is 1. The molecule has 1 aliphatic heterocycles. The highest BCUT2D eigenvalue weighted by molar-refractivity contribution is 7.99. The molecule has 1 aromatic rings. The molecule has 1 aliphatic rings. The molecule has 0 saturated carbocycles. The van der Waals surface area contributed by atoms with Crippen molar-refractivity contribution in [2.24, 2.45) is 5.92 Å². The minimum atomic E-state index is -3.35. The first-order valence-corrected chi connectivity index (χ1v) is 10.9. The molecular formula is C14H24N2O2S3. The molecule has 0 bridgehead atoms. The van der Waals surface area contributed by atoms with Crippen molar-refractivity contribution in [2.75, 3.05) is 18.1 Å². The lowest BCUT2D eigenvalue weighted by Crippen LogP contribution is -2.30. The molecule has 2 N–H and O–H groups in total. The van der Waals surface area contributed by atoms with E-state index in [-0.39, 0.29) is 0 Å². The highest BCUT2D eigenvalue weighted by Crippen LogP contribution is 2.23. The number of thiophene rings is 1. The van der Waals surface area contributed by atoms with Gasteiger partial charge in [0, 0.05) is 29.4 Å². The van der Waals surface area contributed by atoms with Crippen molar-refractivity contribution >= 4 is 33.1 Å². The quantitative estimate of drug-likeness (QED) is 0.795. The summed E-state index contributed by atoms with van der Waals surface area (Å²) < 4.78 is 27.4. The van der Waals surface area contributed by atoms with E-state index < -0.39 is 10.0 Å². The lowest BCUT2D eigenvalue weighted by molar-refractivity contribution is 0.477. The highest BCUT2D eigenvalue weighted by atomic mass is 32.2. The van der Waals surface area contributed by atoms with Crippen LogP contribution in [0.4, 0.5) is 0 Å². The molecule has 2 heterocycles. The van der Waals surface area contributed by atoms with Crippen LogP contribution in [-0.2, 0) is 16.6 Å². The maximum Gasteiger partial charge on any atom is 0.241 e. The molecule has 120 valence electrons. The van der Waals surface area contributed by atoms with Crippen LogP contribution in [0, 0.1) is 5.92 Å². The largest absolute Gasteiger partial charge is 0.310 e. The topological polar surface area (TPSA) is 58.2 Å². The third-order valence-corrected chi connectivity index (χ3v) is 7.07. The summed E-state index contributed by atoms with van der Waals surface area (Å²) >= 11 is 3.45. The van der Waals surface area contributed by atoms with Gasteiger partial charge in [-0.2, -0.15) is 11.8 Å². The zero-order valence-corrected chi connectivity index (χ0v) is 15.0. The van der Waals surface area contributed by atoms with Crippen molar-refractivity contribution < 1.29 is 8.42 Å². The van der Waals surface area contributed by atoms with E-state index >= 15 is 0 Å². The summed E-state index contributed by atoms with van der Waals surface area (Å²) in [5, 5.41) is 5.04. The first kappa shape index (κ1) is 17.3. The molecule has 7 heteroatoms. The average molecular weight is 349 g/mol. The summed E-state index contributed by atoms with van der Waals surface area (Å²) in [4.78, 5) is 1.45. The maximum atomic E-state index is 12.3. The minimum Gasteiger partial charge on any atom is -0.310 e. The summed E-state index contributed by atoms with van der Waals surface area (Å²) in [5.74, 6) is 2.79. The Hall–Kier alpha value is -0.0800. The van der Waals surface area contributed by atoms with Crippen LogP contribution in [0.1, 0.15) is 31.6 Å². The van der Waals surface area contributed by atoms with Gasteiger partial charge in [-0.25, -0.2) is 13.1 Å². The predicted molar refractivity (Wildman–Crippen MR) is 91.5 cm³/mol. The van der Waals surface area contributed by atoms with E-state index in [1.807, 2.05) is 11.8 Å². The van der Waals surface area contributed by atoms with E-state index in [1.54, 1.807) is 11.4 Å². The first-order valence-electron chi connectivity index (χ1n) is 7.35. The molecule has 1 aromatic heterocycles. The summed E-state index contributed by atoms with van der Waals surface area (Å²) in [6, 6.07) is 2.17. The van der Waals surface area contributed by atoms with Crippen molar-refractivity contribution in [3.05, 3.63) is 16.3 Å². The maximum absolute atomic E-state index is 12.3. The second-order valence-electron chi connectivity index (χ2n) is 5.69. The zero-order valence-electron chi connectivity index (χ0n) is 12.6. The third kappa shape index (κ3) is 5.56. The first-order chi connectivity index (χ1) is 9.97. The fourth-order valence-electron chi connectivity index (χ4n) is 2.16. The molecule has 2 rings (SSSR count). The minimum absolute atomic E-state index is 0.398. The number of hydrogen-bond donors (Lipinski definition) is 2. The van der Waals surface area contributed by atoms with Gasteiger partial charge in [-0.3, -0.25) is 0 Å². The second-order valence-corrected chi connectivity index (χ2v) is 9.68. The molecule has 0 unspecified atom stereocenters. The summed E-state index contributed by atoms with van der Waals surface area (Å²) in [7, 11) is -3.35. The Labute approximate surface area is 136 Å². The number of nitrogens with one attached hydrogen (secondary N) is 2. The van der Waals surface area contributed by atoms with Gasteiger partial charge in [-0.1, -0.05) is 13.8 Å². The second kappa shape index (κ2) is 7.97. The van der Waals surface area contributed by atoms with Crippen LogP contribution in [0.15, 0.2) is 16.3 Å². The van der Waals surface area contributed by atoms with Crippen LogP contribution in [0.3, 0.4) is 0 Å². The van der Waals surface area contributed by atoms with Crippen molar-refractivity contribution in [1.29, 1.82) is 0 Å². The van der Waals surface area contributed by atoms with E-state index in [2.05, 4.69) is 23.9 Å². The van der Waals surface area contributed by atoms with Crippen molar-refractivity contribution in [2.45, 2.75) is 44.2 Å². The third-order valence-electron chi connectivity index (χ3n) is 3.53. The Morgan fingerprint density at radius 1 is 1.33 bits per heavy atom. The van der Waals surface area contributed by atoms with Gasteiger partial charge in [0.15, 0.2) is 0 Å². The smallest absolute Gasteiger partial charge is 0.241 e. The van der Waals surface area contributed by atoms with Crippen LogP contribution in [0.2, 0.25) is 0 Å². The lowest BCUT2D eigenvalue weighted by Gasteiger charge is -2.21. The molecule has 0 amide bonds. The summed E-state index contributed by atoms with van der Waals surface area (Å²) in [6.45, 7) is 5.45. The standard InChI is InChI=1S/C14H24N2O2S3/c1-11(2)15-9-13-7-14(10-20-13)21(17,18)16-8-12-3-5-19-6-4-12/h7,10-12,15-16H,3-6,8-9H2,1-2H3. The fourth-order valence-corrected chi connectivity index (χ4v) is 5.71. The Bertz CT molecular complexity index is 534. The van der Waals surface area contributed by atoms with Crippen LogP contribution in [-0.4, -0.2) is 32.5 Å². The molecule has 4 nitrogen and oxygen atoms in total. The Balaban J connectivity index is 1.89.